The first-order chi connectivity index (χ1) is 7.68. The van der Waals surface area contributed by atoms with Gasteiger partial charge in [-0.05, 0) is 37.9 Å². The minimum absolute atomic E-state index is 0.291. The van der Waals surface area contributed by atoms with Crippen LogP contribution in [-0.4, -0.2) is 18.2 Å². The van der Waals surface area contributed by atoms with E-state index in [0.717, 1.165) is 37.1 Å². The summed E-state index contributed by atoms with van der Waals surface area (Å²) >= 11 is 0. The Morgan fingerprint density at radius 2 is 2.31 bits per heavy atom. The SMILES string of the molecule is Cc1ccc(C(O)C2CCCNC2)c(N)c1. The quantitative estimate of drug-likeness (QED) is 0.664. The molecule has 1 fully saturated rings. The number of hydrogen-bond acceptors (Lipinski definition) is 3. The first-order valence-electron chi connectivity index (χ1n) is 5.93. The van der Waals surface area contributed by atoms with Crippen molar-refractivity contribution in [3.05, 3.63) is 29.3 Å². The summed E-state index contributed by atoms with van der Waals surface area (Å²) in [4.78, 5) is 0. The van der Waals surface area contributed by atoms with Crippen molar-refractivity contribution in [2.75, 3.05) is 18.8 Å². The van der Waals surface area contributed by atoms with Gasteiger partial charge in [0.15, 0.2) is 0 Å². The smallest absolute Gasteiger partial charge is 0.0850 e. The Hall–Kier alpha value is -1.06. The molecule has 2 atom stereocenters. The van der Waals surface area contributed by atoms with E-state index >= 15 is 0 Å². The standard InChI is InChI=1S/C13H20N2O/c1-9-4-5-11(12(14)7-9)13(16)10-3-2-6-15-8-10/h4-5,7,10,13,15-16H,2-3,6,8,14H2,1H3. The van der Waals surface area contributed by atoms with Gasteiger partial charge in [0.25, 0.3) is 0 Å². The average molecular weight is 220 g/mol. The first-order valence-corrected chi connectivity index (χ1v) is 5.93. The minimum atomic E-state index is -0.437. The van der Waals surface area contributed by atoms with E-state index in [4.69, 9.17) is 5.73 Å². The zero-order valence-corrected chi connectivity index (χ0v) is 9.74. The fourth-order valence-electron chi connectivity index (χ4n) is 2.37. The van der Waals surface area contributed by atoms with E-state index in [0.29, 0.717) is 11.6 Å². The van der Waals surface area contributed by atoms with Crippen LogP contribution in [0.4, 0.5) is 5.69 Å². The summed E-state index contributed by atoms with van der Waals surface area (Å²) in [7, 11) is 0. The number of benzene rings is 1. The van der Waals surface area contributed by atoms with E-state index in [1.807, 2.05) is 25.1 Å². The highest BCUT2D eigenvalue weighted by atomic mass is 16.3. The fourth-order valence-corrected chi connectivity index (χ4v) is 2.37. The fraction of sp³-hybridized carbons (Fsp3) is 0.538. The summed E-state index contributed by atoms with van der Waals surface area (Å²) in [6, 6.07) is 5.88. The highest BCUT2D eigenvalue weighted by Crippen LogP contribution is 2.30. The number of nitrogens with two attached hydrogens (primary N) is 1. The molecule has 1 aromatic carbocycles. The number of rotatable bonds is 2. The highest BCUT2D eigenvalue weighted by molar-refractivity contribution is 5.50. The summed E-state index contributed by atoms with van der Waals surface area (Å²) in [5.74, 6) is 0.291. The van der Waals surface area contributed by atoms with Crippen molar-refractivity contribution in [2.45, 2.75) is 25.9 Å². The predicted molar refractivity (Wildman–Crippen MR) is 66.1 cm³/mol. The van der Waals surface area contributed by atoms with Gasteiger partial charge in [-0.2, -0.15) is 0 Å². The molecule has 2 unspecified atom stereocenters. The summed E-state index contributed by atoms with van der Waals surface area (Å²) in [5, 5.41) is 13.6. The van der Waals surface area contributed by atoms with Gasteiger partial charge in [-0.15, -0.1) is 0 Å². The average Bonchev–Trinajstić information content (AvgIpc) is 2.29. The molecule has 0 amide bonds. The van der Waals surface area contributed by atoms with Gasteiger partial charge in [0.05, 0.1) is 6.10 Å². The number of aliphatic hydroxyl groups is 1. The molecule has 0 saturated carbocycles. The zero-order valence-electron chi connectivity index (χ0n) is 9.74. The minimum Gasteiger partial charge on any atom is -0.398 e. The number of nitrogen functional groups attached to an aromatic ring is 1. The largest absolute Gasteiger partial charge is 0.398 e. The molecule has 4 N–H and O–H groups in total. The lowest BCUT2D eigenvalue weighted by Crippen LogP contribution is -2.33. The molecule has 0 spiro atoms. The number of anilines is 1. The van der Waals surface area contributed by atoms with Crippen LogP contribution in [0.1, 0.15) is 30.1 Å². The van der Waals surface area contributed by atoms with E-state index in [1.54, 1.807) is 0 Å². The second kappa shape index (κ2) is 4.85. The summed E-state index contributed by atoms with van der Waals surface area (Å²) in [5.41, 5.74) is 8.66. The maximum absolute atomic E-state index is 10.3. The van der Waals surface area contributed by atoms with Gasteiger partial charge < -0.3 is 16.2 Å². The molecule has 3 nitrogen and oxygen atoms in total. The Kier molecular flexibility index (Phi) is 3.46. The molecular weight excluding hydrogens is 200 g/mol. The third-order valence-electron chi connectivity index (χ3n) is 3.34. The molecule has 0 aromatic heterocycles. The molecule has 1 aromatic rings. The highest BCUT2D eigenvalue weighted by Gasteiger charge is 2.24. The summed E-state index contributed by atoms with van der Waals surface area (Å²) in [6.45, 7) is 3.95. The molecule has 88 valence electrons. The van der Waals surface area contributed by atoms with E-state index in [-0.39, 0.29) is 0 Å². The Morgan fingerprint density at radius 3 is 2.94 bits per heavy atom. The second-order valence-electron chi connectivity index (χ2n) is 4.68. The maximum Gasteiger partial charge on any atom is 0.0850 e. The van der Waals surface area contributed by atoms with Crippen LogP contribution in [-0.2, 0) is 0 Å². The van der Waals surface area contributed by atoms with Crippen LogP contribution in [0.25, 0.3) is 0 Å². The van der Waals surface area contributed by atoms with Gasteiger partial charge in [-0.3, -0.25) is 0 Å². The zero-order chi connectivity index (χ0) is 11.5. The lowest BCUT2D eigenvalue weighted by Gasteiger charge is -2.28. The van der Waals surface area contributed by atoms with E-state index in [9.17, 15) is 5.11 Å². The molecule has 3 heteroatoms. The molecule has 0 radical (unpaired) electrons. The number of nitrogens with one attached hydrogen (secondary N) is 1. The van der Waals surface area contributed by atoms with Crippen molar-refractivity contribution in [1.82, 2.24) is 5.32 Å². The third kappa shape index (κ3) is 2.36. The number of aryl methyl sites for hydroxylation is 1. The topological polar surface area (TPSA) is 58.3 Å². The molecule has 2 rings (SSSR count). The van der Waals surface area contributed by atoms with Gasteiger partial charge in [0.1, 0.15) is 0 Å². The molecule has 1 saturated heterocycles. The molecule has 1 aliphatic rings. The summed E-state index contributed by atoms with van der Waals surface area (Å²) in [6.07, 6.45) is 1.77. The number of aliphatic hydroxyl groups excluding tert-OH is 1. The maximum atomic E-state index is 10.3. The first kappa shape index (κ1) is 11.4. The predicted octanol–water partition coefficient (Wildman–Crippen LogP) is 1.61. The molecule has 16 heavy (non-hydrogen) atoms. The van der Waals surface area contributed by atoms with E-state index in [2.05, 4.69) is 5.32 Å². The molecule has 1 heterocycles. The third-order valence-corrected chi connectivity index (χ3v) is 3.34. The lowest BCUT2D eigenvalue weighted by atomic mass is 9.88. The van der Waals surface area contributed by atoms with E-state index < -0.39 is 6.10 Å². The normalized spacial score (nSPS) is 23.0. The van der Waals surface area contributed by atoms with Crippen molar-refractivity contribution in [1.29, 1.82) is 0 Å². The monoisotopic (exact) mass is 220 g/mol. The van der Waals surface area contributed by atoms with Crippen molar-refractivity contribution >= 4 is 5.69 Å². The van der Waals surface area contributed by atoms with Gasteiger partial charge in [0, 0.05) is 23.7 Å². The van der Waals surface area contributed by atoms with Gasteiger partial charge in [0.2, 0.25) is 0 Å². The van der Waals surface area contributed by atoms with Crippen LogP contribution in [0.15, 0.2) is 18.2 Å². The van der Waals surface area contributed by atoms with Crippen molar-refractivity contribution in [3.63, 3.8) is 0 Å². The Bertz CT molecular complexity index is 359. The second-order valence-corrected chi connectivity index (χ2v) is 4.68. The molecule has 1 aliphatic heterocycles. The molecule has 0 bridgehead atoms. The van der Waals surface area contributed by atoms with Crippen LogP contribution < -0.4 is 11.1 Å². The molecule has 0 aliphatic carbocycles. The van der Waals surface area contributed by atoms with Gasteiger partial charge >= 0.3 is 0 Å². The van der Waals surface area contributed by atoms with Gasteiger partial charge in [-0.25, -0.2) is 0 Å². The van der Waals surface area contributed by atoms with Crippen LogP contribution in [0.5, 0.6) is 0 Å². The number of piperidine rings is 1. The lowest BCUT2D eigenvalue weighted by molar-refractivity contribution is 0.0928. The van der Waals surface area contributed by atoms with Crippen molar-refractivity contribution in [2.24, 2.45) is 5.92 Å². The van der Waals surface area contributed by atoms with Gasteiger partial charge in [-0.1, -0.05) is 12.1 Å². The Morgan fingerprint density at radius 1 is 1.50 bits per heavy atom. The van der Waals surface area contributed by atoms with Crippen LogP contribution in [0.3, 0.4) is 0 Å². The van der Waals surface area contributed by atoms with Crippen LogP contribution >= 0.6 is 0 Å². The Balaban J connectivity index is 2.15. The van der Waals surface area contributed by atoms with Crippen LogP contribution in [0, 0.1) is 12.8 Å². The number of hydrogen-bond donors (Lipinski definition) is 3. The van der Waals surface area contributed by atoms with Crippen molar-refractivity contribution < 1.29 is 5.11 Å². The van der Waals surface area contributed by atoms with Crippen molar-refractivity contribution in [3.8, 4) is 0 Å². The Labute approximate surface area is 96.7 Å². The van der Waals surface area contributed by atoms with Crippen LogP contribution in [0.2, 0.25) is 0 Å². The molecular formula is C13H20N2O. The summed E-state index contributed by atoms with van der Waals surface area (Å²) < 4.78 is 0. The van der Waals surface area contributed by atoms with E-state index in [1.165, 1.54) is 0 Å².